The molecule has 37 heavy (non-hydrogen) atoms. The second-order valence-electron chi connectivity index (χ2n) is 7.54. The van der Waals surface area contributed by atoms with Gasteiger partial charge in [0.2, 0.25) is 0 Å². The fourth-order valence-corrected chi connectivity index (χ4v) is 3.21. The van der Waals surface area contributed by atoms with Gasteiger partial charge in [0.05, 0.1) is 18.9 Å². The Morgan fingerprint density at radius 1 is 0.919 bits per heavy atom. The summed E-state index contributed by atoms with van der Waals surface area (Å²) in [6, 6.07) is 19.3. The number of carbonyl (C=O) groups excluding carboxylic acids is 2. The van der Waals surface area contributed by atoms with Crippen molar-refractivity contribution in [1.82, 2.24) is 0 Å². The minimum Gasteiger partial charge on any atom is -0.494 e. The first-order valence-corrected chi connectivity index (χ1v) is 11.5. The average molecular weight is 504 g/mol. The minimum absolute atomic E-state index is 0.0502. The fraction of sp³-hybridized carbons (Fsp3) is 0.179. The molecule has 0 aromatic heterocycles. The van der Waals surface area contributed by atoms with Crippen molar-refractivity contribution in [3.05, 3.63) is 83.7 Å². The van der Waals surface area contributed by atoms with Crippen LogP contribution in [0.2, 0.25) is 0 Å². The lowest BCUT2D eigenvalue weighted by Crippen LogP contribution is -2.21. The number of nitrogens with zero attached hydrogens (tertiary/aromatic N) is 1. The third-order valence-electron chi connectivity index (χ3n) is 4.87. The Hall–Kier alpha value is -4.84. The van der Waals surface area contributed by atoms with E-state index in [1.54, 1.807) is 55.5 Å². The molecule has 8 nitrogen and oxygen atoms in total. The van der Waals surface area contributed by atoms with E-state index in [9.17, 15) is 19.2 Å². The smallest absolute Gasteiger partial charge is 0.266 e. The van der Waals surface area contributed by atoms with Crippen molar-refractivity contribution in [2.45, 2.75) is 13.8 Å². The monoisotopic (exact) mass is 503 g/mol. The molecule has 0 spiro atoms. The number of hydrogen-bond acceptors (Lipinski definition) is 6. The Bertz CT molecular complexity index is 1320. The molecule has 2 N–H and O–H groups in total. The maximum absolute atomic E-state index is 13.7. The summed E-state index contributed by atoms with van der Waals surface area (Å²) >= 11 is 0. The van der Waals surface area contributed by atoms with Crippen LogP contribution < -0.4 is 24.8 Å². The molecule has 190 valence electrons. The van der Waals surface area contributed by atoms with Gasteiger partial charge in [-0.15, -0.1) is 0 Å². The summed E-state index contributed by atoms with van der Waals surface area (Å²) in [6.07, 6.45) is 1.42. The Morgan fingerprint density at radius 3 is 2.32 bits per heavy atom. The molecule has 3 rings (SSSR count). The summed E-state index contributed by atoms with van der Waals surface area (Å²) in [5, 5.41) is 14.7. The lowest BCUT2D eigenvalue weighted by atomic mass is 10.1. The van der Waals surface area contributed by atoms with Gasteiger partial charge >= 0.3 is 0 Å². The molecule has 3 aromatic carbocycles. The number of benzene rings is 3. The van der Waals surface area contributed by atoms with Crippen molar-refractivity contribution in [2.24, 2.45) is 0 Å². The predicted octanol–water partition coefficient (Wildman–Crippen LogP) is 5.19. The van der Waals surface area contributed by atoms with Gasteiger partial charge in [0.25, 0.3) is 11.8 Å². The van der Waals surface area contributed by atoms with E-state index in [2.05, 4.69) is 10.6 Å². The largest absolute Gasteiger partial charge is 0.494 e. The summed E-state index contributed by atoms with van der Waals surface area (Å²) in [7, 11) is 0. The second kappa shape index (κ2) is 13.3. The van der Waals surface area contributed by atoms with E-state index in [0.717, 1.165) is 0 Å². The number of rotatable bonds is 11. The van der Waals surface area contributed by atoms with E-state index < -0.39 is 17.6 Å². The van der Waals surface area contributed by atoms with Gasteiger partial charge in [-0.05, 0) is 74.0 Å². The lowest BCUT2D eigenvalue weighted by Gasteiger charge is -2.13. The zero-order valence-electron chi connectivity index (χ0n) is 20.4. The van der Waals surface area contributed by atoms with Crippen LogP contribution in [-0.2, 0) is 9.59 Å². The quantitative estimate of drug-likeness (QED) is 0.275. The Balaban J connectivity index is 1.69. The summed E-state index contributed by atoms with van der Waals surface area (Å²) in [6.45, 7) is 4.12. The highest BCUT2D eigenvalue weighted by Gasteiger charge is 2.13. The summed E-state index contributed by atoms with van der Waals surface area (Å²) in [5.41, 5.74) is 0.968. The molecule has 0 saturated heterocycles. The van der Waals surface area contributed by atoms with Crippen LogP contribution in [0, 0.1) is 17.1 Å². The van der Waals surface area contributed by atoms with Gasteiger partial charge in [0, 0.05) is 5.69 Å². The number of nitrogens with one attached hydrogen (secondary N) is 2. The molecule has 0 bridgehead atoms. The Labute approximate surface area is 214 Å². The van der Waals surface area contributed by atoms with E-state index in [0.29, 0.717) is 36.0 Å². The molecule has 0 heterocycles. The fourth-order valence-electron chi connectivity index (χ4n) is 3.21. The van der Waals surface area contributed by atoms with Crippen molar-refractivity contribution in [1.29, 1.82) is 5.26 Å². The van der Waals surface area contributed by atoms with Crippen molar-refractivity contribution in [3.63, 3.8) is 0 Å². The first-order valence-electron chi connectivity index (χ1n) is 11.5. The summed E-state index contributed by atoms with van der Waals surface area (Å²) < 4.78 is 30.3. The van der Waals surface area contributed by atoms with Crippen molar-refractivity contribution < 1.29 is 28.2 Å². The maximum Gasteiger partial charge on any atom is 0.266 e. The molecule has 0 unspecified atom stereocenters. The van der Waals surface area contributed by atoms with Gasteiger partial charge < -0.3 is 24.8 Å². The van der Waals surface area contributed by atoms with Gasteiger partial charge in [0.15, 0.2) is 18.1 Å². The highest BCUT2D eigenvalue weighted by Crippen LogP contribution is 2.29. The number of anilines is 2. The zero-order valence-corrected chi connectivity index (χ0v) is 20.4. The van der Waals surface area contributed by atoms with Gasteiger partial charge in [-0.25, -0.2) is 4.39 Å². The first kappa shape index (κ1) is 26.8. The van der Waals surface area contributed by atoms with Crippen LogP contribution in [-0.4, -0.2) is 31.6 Å². The van der Waals surface area contributed by atoms with Crippen LogP contribution in [0.25, 0.3) is 6.08 Å². The molecule has 0 radical (unpaired) electrons. The van der Waals surface area contributed by atoms with Crippen molar-refractivity contribution in [2.75, 3.05) is 30.5 Å². The standard InChI is InChI=1S/C28H26FN3O5/c1-3-35-22-12-10-21(11-13-22)31-28(34)20(17-30)15-19-9-14-25(26(16-19)36-4-2)37-18-27(33)32-24-8-6-5-7-23(24)29/h5-16H,3-4,18H2,1-2H3,(H,31,34)(H,32,33)/b20-15+. The normalized spacial score (nSPS) is 10.7. The average Bonchev–Trinajstić information content (AvgIpc) is 2.89. The molecule has 2 amide bonds. The van der Waals surface area contributed by atoms with Crippen molar-refractivity contribution in [3.8, 4) is 23.3 Å². The third kappa shape index (κ3) is 7.83. The van der Waals surface area contributed by atoms with Crippen LogP contribution in [0.5, 0.6) is 17.2 Å². The molecular formula is C28H26FN3O5. The lowest BCUT2D eigenvalue weighted by molar-refractivity contribution is -0.118. The first-order chi connectivity index (χ1) is 17.9. The van der Waals surface area contributed by atoms with Gasteiger partial charge in [0.1, 0.15) is 23.2 Å². The molecule has 9 heteroatoms. The minimum atomic E-state index is -0.574. The summed E-state index contributed by atoms with van der Waals surface area (Å²) in [5.74, 6) is -0.405. The Morgan fingerprint density at radius 2 is 1.65 bits per heavy atom. The van der Waals surface area contributed by atoms with E-state index >= 15 is 0 Å². The van der Waals surface area contributed by atoms with Crippen LogP contribution in [0.3, 0.4) is 0 Å². The molecular weight excluding hydrogens is 477 g/mol. The number of carbonyl (C=O) groups is 2. The van der Waals surface area contributed by atoms with Gasteiger partial charge in [-0.2, -0.15) is 5.26 Å². The highest BCUT2D eigenvalue weighted by molar-refractivity contribution is 6.09. The van der Waals surface area contributed by atoms with Gasteiger partial charge in [-0.3, -0.25) is 9.59 Å². The summed E-state index contributed by atoms with van der Waals surface area (Å²) in [4.78, 5) is 24.8. The maximum atomic E-state index is 13.7. The van der Waals surface area contributed by atoms with Crippen LogP contribution in [0.1, 0.15) is 19.4 Å². The number of para-hydroxylation sites is 1. The van der Waals surface area contributed by atoms with E-state index in [1.807, 2.05) is 13.0 Å². The molecule has 0 aliphatic carbocycles. The molecule has 3 aromatic rings. The number of nitriles is 1. The van der Waals surface area contributed by atoms with Crippen molar-refractivity contribution >= 4 is 29.3 Å². The number of halogens is 1. The number of hydrogen-bond donors (Lipinski definition) is 2. The van der Waals surface area contributed by atoms with E-state index in [4.69, 9.17) is 14.2 Å². The van der Waals surface area contributed by atoms with Crippen LogP contribution in [0.15, 0.2) is 72.3 Å². The molecule has 0 aliphatic rings. The number of amides is 2. The van der Waals surface area contributed by atoms with Gasteiger partial charge in [-0.1, -0.05) is 18.2 Å². The molecule has 0 saturated carbocycles. The van der Waals surface area contributed by atoms with E-state index in [1.165, 1.54) is 24.3 Å². The van der Waals surface area contributed by atoms with E-state index in [-0.39, 0.29) is 23.6 Å². The zero-order chi connectivity index (χ0) is 26.6. The predicted molar refractivity (Wildman–Crippen MR) is 138 cm³/mol. The van der Waals surface area contributed by atoms with Crippen LogP contribution in [0.4, 0.5) is 15.8 Å². The number of ether oxygens (including phenoxy) is 3. The molecule has 0 atom stereocenters. The molecule has 0 fully saturated rings. The second-order valence-corrected chi connectivity index (χ2v) is 7.54. The highest BCUT2D eigenvalue weighted by atomic mass is 19.1. The topological polar surface area (TPSA) is 110 Å². The SMILES string of the molecule is CCOc1ccc(NC(=O)/C(C#N)=C/c2ccc(OCC(=O)Nc3ccccc3F)c(OCC)c2)cc1. The van der Waals surface area contributed by atoms with Crippen LogP contribution >= 0.6 is 0 Å². The molecule has 0 aliphatic heterocycles. The third-order valence-corrected chi connectivity index (χ3v) is 4.87. The Kier molecular flexibility index (Phi) is 9.62.